The standard InChI is InChI=1S/C13H17N3O2/c1-8-3-9(2)5-10(4-8)15-13(18)16-11-6-12(17)14-7-11/h3-5,11H,6-7H2,1-2H3,(H,14,17)(H2,15,16,18). The highest BCUT2D eigenvalue weighted by Gasteiger charge is 2.22. The van der Waals surface area contributed by atoms with Crippen molar-refractivity contribution >= 4 is 17.6 Å². The second kappa shape index (κ2) is 5.08. The van der Waals surface area contributed by atoms with Gasteiger partial charge in [0.05, 0.1) is 6.04 Å². The zero-order chi connectivity index (χ0) is 13.1. The van der Waals surface area contributed by atoms with Gasteiger partial charge in [0.15, 0.2) is 0 Å². The number of rotatable bonds is 2. The molecular weight excluding hydrogens is 230 g/mol. The van der Waals surface area contributed by atoms with Gasteiger partial charge in [-0.25, -0.2) is 4.79 Å². The maximum Gasteiger partial charge on any atom is 0.319 e. The Hall–Kier alpha value is -2.04. The van der Waals surface area contributed by atoms with Gasteiger partial charge in [-0.15, -0.1) is 0 Å². The average molecular weight is 247 g/mol. The summed E-state index contributed by atoms with van der Waals surface area (Å²) < 4.78 is 0. The molecule has 0 spiro atoms. The van der Waals surface area contributed by atoms with Crippen LogP contribution in [0.25, 0.3) is 0 Å². The maximum atomic E-state index is 11.7. The number of amides is 3. The lowest BCUT2D eigenvalue weighted by Gasteiger charge is -2.12. The largest absolute Gasteiger partial charge is 0.354 e. The number of aryl methyl sites for hydroxylation is 2. The van der Waals surface area contributed by atoms with Crippen molar-refractivity contribution < 1.29 is 9.59 Å². The van der Waals surface area contributed by atoms with Gasteiger partial charge in [0.25, 0.3) is 0 Å². The third-order valence-electron chi connectivity index (χ3n) is 2.79. The first-order valence-electron chi connectivity index (χ1n) is 5.95. The molecule has 0 radical (unpaired) electrons. The molecule has 2 rings (SSSR count). The van der Waals surface area contributed by atoms with Crippen LogP contribution in [0.4, 0.5) is 10.5 Å². The first-order chi connectivity index (χ1) is 8.52. The molecule has 0 bridgehead atoms. The number of anilines is 1. The summed E-state index contributed by atoms with van der Waals surface area (Å²) in [5, 5.41) is 8.22. The van der Waals surface area contributed by atoms with Crippen molar-refractivity contribution in [3.8, 4) is 0 Å². The maximum absolute atomic E-state index is 11.7. The number of urea groups is 1. The Morgan fingerprint density at radius 3 is 2.50 bits per heavy atom. The summed E-state index contributed by atoms with van der Waals surface area (Å²) in [5.74, 6) is -0.0216. The molecule has 96 valence electrons. The number of benzene rings is 1. The van der Waals surface area contributed by atoms with E-state index in [1.807, 2.05) is 32.0 Å². The van der Waals surface area contributed by atoms with Crippen molar-refractivity contribution in [2.24, 2.45) is 0 Å². The Balaban J connectivity index is 1.92. The van der Waals surface area contributed by atoms with Crippen LogP contribution in [0.1, 0.15) is 17.5 Å². The van der Waals surface area contributed by atoms with Gasteiger partial charge < -0.3 is 16.0 Å². The van der Waals surface area contributed by atoms with Gasteiger partial charge in [0, 0.05) is 18.7 Å². The van der Waals surface area contributed by atoms with E-state index in [1.54, 1.807) is 0 Å². The van der Waals surface area contributed by atoms with Gasteiger partial charge in [-0.05, 0) is 37.1 Å². The molecule has 0 saturated carbocycles. The summed E-state index contributed by atoms with van der Waals surface area (Å²) in [7, 11) is 0. The van der Waals surface area contributed by atoms with Crippen molar-refractivity contribution in [3.63, 3.8) is 0 Å². The van der Waals surface area contributed by atoms with E-state index in [4.69, 9.17) is 0 Å². The van der Waals surface area contributed by atoms with Crippen LogP contribution < -0.4 is 16.0 Å². The number of hydrogen-bond donors (Lipinski definition) is 3. The van der Waals surface area contributed by atoms with Crippen LogP contribution in [-0.2, 0) is 4.79 Å². The molecule has 1 saturated heterocycles. The molecule has 18 heavy (non-hydrogen) atoms. The Morgan fingerprint density at radius 1 is 1.28 bits per heavy atom. The minimum absolute atomic E-state index is 0.0216. The summed E-state index contributed by atoms with van der Waals surface area (Å²) >= 11 is 0. The molecule has 1 aromatic rings. The predicted molar refractivity (Wildman–Crippen MR) is 69.5 cm³/mol. The highest BCUT2D eigenvalue weighted by atomic mass is 16.2. The Kier molecular flexibility index (Phi) is 3.50. The SMILES string of the molecule is Cc1cc(C)cc(NC(=O)NC2CNC(=O)C2)c1. The average Bonchev–Trinajstić information content (AvgIpc) is 2.61. The lowest BCUT2D eigenvalue weighted by molar-refractivity contribution is -0.119. The summed E-state index contributed by atoms with van der Waals surface area (Å²) in [6.45, 7) is 4.46. The van der Waals surface area contributed by atoms with Gasteiger partial charge >= 0.3 is 6.03 Å². The second-order valence-corrected chi connectivity index (χ2v) is 4.68. The molecule has 5 heteroatoms. The minimum Gasteiger partial charge on any atom is -0.354 e. The van der Waals surface area contributed by atoms with Crippen LogP contribution in [0.15, 0.2) is 18.2 Å². The van der Waals surface area contributed by atoms with Crippen LogP contribution >= 0.6 is 0 Å². The Bertz CT molecular complexity index is 465. The first kappa shape index (κ1) is 12.4. The quantitative estimate of drug-likeness (QED) is 0.737. The fourth-order valence-corrected chi connectivity index (χ4v) is 2.11. The van der Waals surface area contributed by atoms with Gasteiger partial charge in [-0.1, -0.05) is 6.07 Å². The summed E-state index contributed by atoms with van der Waals surface area (Å²) in [4.78, 5) is 22.7. The third-order valence-corrected chi connectivity index (χ3v) is 2.79. The Labute approximate surface area is 106 Å². The number of nitrogens with one attached hydrogen (secondary N) is 3. The zero-order valence-electron chi connectivity index (χ0n) is 10.5. The van der Waals surface area contributed by atoms with Crippen molar-refractivity contribution in [2.75, 3.05) is 11.9 Å². The summed E-state index contributed by atoms with van der Waals surface area (Å²) in [5.41, 5.74) is 2.97. The predicted octanol–water partition coefficient (Wildman–Crippen LogP) is 1.31. The lowest BCUT2D eigenvalue weighted by atomic mass is 10.1. The highest BCUT2D eigenvalue weighted by molar-refractivity contribution is 5.90. The number of hydrogen-bond acceptors (Lipinski definition) is 2. The molecule has 0 aromatic heterocycles. The third kappa shape index (κ3) is 3.23. The van der Waals surface area contributed by atoms with Gasteiger partial charge in [-0.3, -0.25) is 4.79 Å². The molecule has 1 aromatic carbocycles. The fraction of sp³-hybridized carbons (Fsp3) is 0.385. The van der Waals surface area contributed by atoms with E-state index in [0.717, 1.165) is 16.8 Å². The van der Waals surface area contributed by atoms with Gasteiger partial charge in [0.2, 0.25) is 5.91 Å². The van der Waals surface area contributed by atoms with E-state index >= 15 is 0 Å². The van der Waals surface area contributed by atoms with Crippen LogP contribution in [0.3, 0.4) is 0 Å². The smallest absolute Gasteiger partial charge is 0.319 e. The van der Waals surface area contributed by atoms with Crippen LogP contribution in [0.5, 0.6) is 0 Å². The molecular formula is C13H17N3O2. The number of carbonyl (C=O) groups is 2. The van der Waals surface area contributed by atoms with Crippen LogP contribution in [0, 0.1) is 13.8 Å². The number of carbonyl (C=O) groups excluding carboxylic acids is 2. The van der Waals surface area contributed by atoms with Crippen molar-refractivity contribution in [2.45, 2.75) is 26.3 Å². The van der Waals surface area contributed by atoms with Crippen LogP contribution in [0.2, 0.25) is 0 Å². The highest BCUT2D eigenvalue weighted by Crippen LogP contribution is 2.13. The molecule has 1 atom stereocenters. The minimum atomic E-state index is -0.276. The molecule has 5 nitrogen and oxygen atoms in total. The monoisotopic (exact) mass is 247 g/mol. The summed E-state index contributed by atoms with van der Waals surface area (Å²) in [6, 6.07) is 5.46. The van der Waals surface area contributed by atoms with Crippen molar-refractivity contribution in [1.29, 1.82) is 0 Å². The van der Waals surface area contributed by atoms with Gasteiger partial charge in [-0.2, -0.15) is 0 Å². The van der Waals surface area contributed by atoms with Crippen molar-refractivity contribution in [1.82, 2.24) is 10.6 Å². The Morgan fingerprint density at radius 2 is 1.94 bits per heavy atom. The van der Waals surface area contributed by atoms with Crippen molar-refractivity contribution in [3.05, 3.63) is 29.3 Å². The summed E-state index contributed by atoms with van der Waals surface area (Å²) in [6.07, 6.45) is 0.347. The molecule has 1 fully saturated rings. The molecule has 0 aliphatic carbocycles. The molecule has 3 amide bonds. The molecule has 1 unspecified atom stereocenters. The van der Waals surface area contributed by atoms with E-state index in [0.29, 0.717) is 13.0 Å². The zero-order valence-corrected chi connectivity index (χ0v) is 10.5. The first-order valence-corrected chi connectivity index (χ1v) is 5.95. The van der Waals surface area contributed by atoms with E-state index in [9.17, 15) is 9.59 Å². The molecule has 1 heterocycles. The normalized spacial score (nSPS) is 18.3. The van der Waals surface area contributed by atoms with E-state index in [1.165, 1.54) is 0 Å². The fourth-order valence-electron chi connectivity index (χ4n) is 2.11. The van der Waals surface area contributed by atoms with E-state index in [2.05, 4.69) is 16.0 Å². The molecule has 1 aliphatic rings. The van der Waals surface area contributed by atoms with E-state index in [-0.39, 0.29) is 18.0 Å². The van der Waals surface area contributed by atoms with E-state index < -0.39 is 0 Å². The lowest BCUT2D eigenvalue weighted by Crippen LogP contribution is -2.39. The topological polar surface area (TPSA) is 70.2 Å². The second-order valence-electron chi connectivity index (χ2n) is 4.68. The molecule has 1 aliphatic heterocycles. The van der Waals surface area contributed by atoms with Crippen LogP contribution in [-0.4, -0.2) is 24.5 Å². The molecule has 3 N–H and O–H groups in total. The van der Waals surface area contributed by atoms with Gasteiger partial charge in [0.1, 0.15) is 0 Å².